The maximum atomic E-state index is 5.73. The van der Waals surface area contributed by atoms with Crippen LogP contribution in [0.25, 0.3) is 0 Å². The first-order valence-electron chi connectivity index (χ1n) is 5.59. The predicted molar refractivity (Wildman–Crippen MR) is 63.9 cm³/mol. The summed E-state index contributed by atoms with van der Waals surface area (Å²) in [6.07, 6.45) is 2.40. The van der Waals surface area contributed by atoms with Crippen LogP contribution in [0.4, 0.5) is 5.69 Å². The van der Waals surface area contributed by atoms with Crippen LogP contribution in [0.5, 0.6) is 11.5 Å². The minimum absolute atomic E-state index is 0.450. The normalized spacial score (nSPS) is 19.7. The van der Waals surface area contributed by atoms with E-state index in [1.807, 2.05) is 6.07 Å². The van der Waals surface area contributed by atoms with E-state index in [9.17, 15) is 0 Å². The number of methoxy groups -OCH3 is 1. The Labute approximate surface area is 95.7 Å². The van der Waals surface area contributed by atoms with Crippen molar-refractivity contribution in [1.82, 2.24) is 5.32 Å². The maximum Gasteiger partial charge on any atom is 0.163 e. The van der Waals surface area contributed by atoms with Crippen molar-refractivity contribution in [3.63, 3.8) is 0 Å². The summed E-state index contributed by atoms with van der Waals surface area (Å²) in [5, 5.41) is 3.38. The van der Waals surface area contributed by atoms with E-state index in [0.717, 1.165) is 18.0 Å². The molecule has 1 heterocycles. The summed E-state index contributed by atoms with van der Waals surface area (Å²) in [7, 11) is 1.63. The number of anilines is 1. The molecule has 0 aliphatic carbocycles. The minimum atomic E-state index is 0.450. The molecule has 0 amide bonds. The third kappa shape index (κ3) is 2.58. The maximum absolute atomic E-state index is 5.73. The van der Waals surface area contributed by atoms with Crippen LogP contribution in [0.2, 0.25) is 0 Å². The van der Waals surface area contributed by atoms with Crippen molar-refractivity contribution in [2.45, 2.75) is 18.9 Å². The van der Waals surface area contributed by atoms with Gasteiger partial charge in [-0.25, -0.2) is 0 Å². The van der Waals surface area contributed by atoms with Gasteiger partial charge in [-0.05, 0) is 31.5 Å². The molecule has 1 atom stereocenters. The van der Waals surface area contributed by atoms with Gasteiger partial charge in [0.25, 0.3) is 0 Å². The van der Waals surface area contributed by atoms with E-state index in [4.69, 9.17) is 15.2 Å². The second-order valence-electron chi connectivity index (χ2n) is 4.01. The van der Waals surface area contributed by atoms with Gasteiger partial charge in [0.2, 0.25) is 0 Å². The number of hydrogen-bond donors (Lipinski definition) is 2. The SMILES string of the molecule is COc1ccc(N)cc1OC[C@@H]1CCCN1. The molecule has 0 radical (unpaired) electrons. The lowest BCUT2D eigenvalue weighted by Gasteiger charge is -2.14. The van der Waals surface area contributed by atoms with E-state index in [1.54, 1.807) is 19.2 Å². The fraction of sp³-hybridized carbons (Fsp3) is 0.500. The number of nitrogen functional groups attached to an aromatic ring is 1. The van der Waals surface area contributed by atoms with Crippen LogP contribution in [-0.4, -0.2) is 26.3 Å². The second kappa shape index (κ2) is 5.07. The Morgan fingerprint density at radius 2 is 2.31 bits per heavy atom. The Hall–Kier alpha value is -1.42. The Morgan fingerprint density at radius 3 is 3.00 bits per heavy atom. The number of ether oxygens (including phenoxy) is 2. The number of benzene rings is 1. The van der Waals surface area contributed by atoms with Crippen LogP contribution in [0.1, 0.15) is 12.8 Å². The molecule has 88 valence electrons. The van der Waals surface area contributed by atoms with Crippen molar-refractivity contribution in [2.24, 2.45) is 0 Å². The highest BCUT2D eigenvalue weighted by Crippen LogP contribution is 2.29. The van der Waals surface area contributed by atoms with Crippen LogP contribution in [-0.2, 0) is 0 Å². The van der Waals surface area contributed by atoms with Crippen molar-refractivity contribution in [2.75, 3.05) is 26.0 Å². The molecule has 0 saturated carbocycles. The van der Waals surface area contributed by atoms with Crippen molar-refractivity contribution in [1.29, 1.82) is 0 Å². The topological polar surface area (TPSA) is 56.5 Å². The molecule has 0 unspecified atom stereocenters. The number of hydrogen-bond acceptors (Lipinski definition) is 4. The summed E-state index contributed by atoms with van der Waals surface area (Å²) in [6.45, 7) is 1.75. The summed E-state index contributed by atoms with van der Waals surface area (Å²) < 4.78 is 10.9. The zero-order valence-corrected chi connectivity index (χ0v) is 9.53. The van der Waals surface area contributed by atoms with Crippen molar-refractivity contribution in [3.8, 4) is 11.5 Å². The molecule has 1 aliphatic rings. The summed E-state index contributed by atoms with van der Waals surface area (Å²) in [5.41, 5.74) is 6.40. The first kappa shape index (κ1) is 11.1. The molecular weight excluding hydrogens is 204 g/mol. The van der Waals surface area contributed by atoms with Crippen LogP contribution >= 0.6 is 0 Å². The fourth-order valence-corrected chi connectivity index (χ4v) is 1.90. The standard InChI is InChI=1S/C12H18N2O2/c1-15-11-5-4-9(13)7-12(11)16-8-10-3-2-6-14-10/h4-5,7,10,14H,2-3,6,8,13H2,1H3/t10-/m0/s1. The predicted octanol–water partition coefficient (Wildman–Crippen LogP) is 1.41. The Balaban J connectivity index is 1.98. The Morgan fingerprint density at radius 1 is 1.44 bits per heavy atom. The molecule has 0 aromatic heterocycles. The molecule has 1 aromatic rings. The van der Waals surface area contributed by atoms with Gasteiger partial charge in [-0.1, -0.05) is 0 Å². The molecule has 4 heteroatoms. The number of nitrogens with one attached hydrogen (secondary N) is 1. The highest BCUT2D eigenvalue weighted by molar-refractivity contribution is 5.51. The van der Waals surface area contributed by atoms with Gasteiger partial charge < -0.3 is 20.5 Å². The fourth-order valence-electron chi connectivity index (χ4n) is 1.90. The molecule has 3 N–H and O–H groups in total. The van der Waals surface area contributed by atoms with Gasteiger partial charge in [-0.15, -0.1) is 0 Å². The number of nitrogens with two attached hydrogens (primary N) is 1. The molecule has 16 heavy (non-hydrogen) atoms. The highest BCUT2D eigenvalue weighted by atomic mass is 16.5. The molecular formula is C12H18N2O2. The van der Waals surface area contributed by atoms with Crippen molar-refractivity contribution in [3.05, 3.63) is 18.2 Å². The average molecular weight is 222 g/mol. The average Bonchev–Trinajstić information content (AvgIpc) is 2.79. The molecule has 0 spiro atoms. The van der Waals surface area contributed by atoms with Gasteiger partial charge in [0.1, 0.15) is 6.61 Å². The number of rotatable bonds is 4. The zero-order valence-electron chi connectivity index (χ0n) is 9.53. The van der Waals surface area contributed by atoms with Gasteiger partial charge in [-0.3, -0.25) is 0 Å². The summed E-state index contributed by atoms with van der Waals surface area (Å²) in [4.78, 5) is 0. The zero-order chi connectivity index (χ0) is 11.4. The molecule has 2 rings (SSSR count). The lowest BCUT2D eigenvalue weighted by Crippen LogP contribution is -2.28. The largest absolute Gasteiger partial charge is 0.493 e. The van der Waals surface area contributed by atoms with E-state index in [1.165, 1.54) is 12.8 Å². The molecule has 0 bridgehead atoms. The van der Waals surface area contributed by atoms with E-state index in [2.05, 4.69) is 5.32 Å². The third-order valence-corrected chi connectivity index (χ3v) is 2.79. The summed E-state index contributed by atoms with van der Waals surface area (Å²) in [6, 6.07) is 5.88. The first-order chi connectivity index (χ1) is 7.79. The Kier molecular flexibility index (Phi) is 3.51. The van der Waals surface area contributed by atoms with Gasteiger partial charge in [0.05, 0.1) is 7.11 Å². The van der Waals surface area contributed by atoms with Gasteiger partial charge in [-0.2, -0.15) is 0 Å². The van der Waals surface area contributed by atoms with E-state index in [0.29, 0.717) is 18.3 Å². The van der Waals surface area contributed by atoms with Crippen LogP contribution < -0.4 is 20.5 Å². The molecule has 1 saturated heterocycles. The van der Waals surface area contributed by atoms with Gasteiger partial charge >= 0.3 is 0 Å². The monoisotopic (exact) mass is 222 g/mol. The van der Waals surface area contributed by atoms with Crippen LogP contribution in [0, 0.1) is 0 Å². The molecule has 1 aliphatic heterocycles. The van der Waals surface area contributed by atoms with Crippen molar-refractivity contribution >= 4 is 5.69 Å². The minimum Gasteiger partial charge on any atom is -0.493 e. The lowest BCUT2D eigenvalue weighted by molar-refractivity contribution is 0.263. The van der Waals surface area contributed by atoms with E-state index >= 15 is 0 Å². The summed E-state index contributed by atoms with van der Waals surface area (Å²) in [5.74, 6) is 1.45. The van der Waals surface area contributed by atoms with Crippen LogP contribution in [0.3, 0.4) is 0 Å². The quantitative estimate of drug-likeness (QED) is 0.756. The molecule has 1 aromatic carbocycles. The van der Waals surface area contributed by atoms with E-state index in [-0.39, 0.29) is 0 Å². The third-order valence-electron chi connectivity index (χ3n) is 2.79. The van der Waals surface area contributed by atoms with Gasteiger partial charge in [0, 0.05) is 17.8 Å². The first-order valence-corrected chi connectivity index (χ1v) is 5.59. The Bertz CT molecular complexity index is 349. The van der Waals surface area contributed by atoms with Crippen molar-refractivity contribution < 1.29 is 9.47 Å². The summed E-state index contributed by atoms with van der Waals surface area (Å²) >= 11 is 0. The van der Waals surface area contributed by atoms with Crippen LogP contribution in [0.15, 0.2) is 18.2 Å². The molecule has 1 fully saturated rings. The van der Waals surface area contributed by atoms with E-state index < -0.39 is 0 Å². The van der Waals surface area contributed by atoms with Gasteiger partial charge in [0.15, 0.2) is 11.5 Å². The second-order valence-corrected chi connectivity index (χ2v) is 4.01. The smallest absolute Gasteiger partial charge is 0.163 e. The molecule has 4 nitrogen and oxygen atoms in total. The highest BCUT2D eigenvalue weighted by Gasteiger charge is 2.15. The lowest BCUT2D eigenvalue weighted by atomic mass is 10.2.